The molecule has 0 amide bonds. The summed E-state index contributed by atoms with van der Waals surface area (Å²) < 4.78 is 37.4. The van der Waals surface area contributed by atoms with E-state index in [1.165, 1.54) is 12.1 Å². The first-order chi connectivity index (χ1) is 9.52. The monoisotopic (exact) mass is 275 g/mol. The molecule has 0 atom stereocenters. The Morgan fingerprint density at radius 3 is 2.25 bits per heavy atom. The molecule has 0 unspecified atom stereocenters. The standard InChI is InChI=1S/C16H12F3N/c17-16(18,19)13-7-5-11(6-8-13)9-14-10-12-3-1-2-4-15(12)20-14/h1-8,10,20H,9H2. The predicted molar refractivity (Wildman–Crippen MR) is 72.5 cm³/mol. The van der Waals surface area contributed by atoms with Gasteiger partial charge in [0.2, 0.25) is 0 Å². The van der Waals surface area contributed by atoms with Crippen LogP contribution in [0.5, 0.6) is 0 Å². The normalized spacial score (nSPS) is 11.9. The van der Waals surface area contributed by atoms with E-state index in [2.05, 4.69) is 4.98 Å². The number of aromatic amines is 1. The molecule has 0 aliphatic heterocycles. The first kappa shape index (κ1) is 12.8. The average Bonchev–Trinajstić information content (AvgIpc) is 2.80. The second kappa shape index (κ2) is 4.71. The van der Waals surface area contributed by atoms with Gasteiger partial charge in [-0.05, 0) is 35.2 Å². The van der Waals surface area contributed by atoms with Crippen molar-refractivity contribution in [2.24, 2.45) is 0 Å². The number of hydrogen-bond acceptors (Lipinski definition) is 0. The highest BCUT2D eigenvalue weighted by atomic mass is 19.4. The Morgan fingerprint density at radius 1 is 0.900 bits per heavy atom. The number of halogens is 3. The summed E-state index contributed by atoms with van der Waals surface area (Å²) in [6.45, 7) is 0. The molecule has 0 saturated heterocycles. The van der Waals surface area contributed by atoms with Crippen LogP contribution in [0.4, 0.5) is 13.2 Å². The van der Waals surface area contributed by atoms with E-state index in [0.717, 1.165) is 34.3 Å². The summed E-state index contributed by atoms with van der Waals surface area (Å²) in [4.78, 5) is 3.27. The molecule has 0 bridgehead atoms. The Bertz CT molecular complexity index is 690. The van der Waals surface area contributed by atoms with Crippen molar-refractivity contribution in [3.63, 3.8) is 0 Å². The fourth-order valence-corrected chi connectivity index (χ4v) is 2.26. The van der Waals surface area contributed by atoms with Crippen molar-refractivity contribution in [3.05, 3.63) is 71.4 Å². The minimum atomic E-state index is -4.28. The smallest absolute Gasteiger partial charge is 0.358 e. The SMILES string of the molecule is FC(F)(F)c1ccc(Cc2cc3ccccc3[nH]2)cc1. The maximum atomic E-state index is 12.5. The number of aromatic nitrogens is 1. The van der Waals surface area contributed by atoms with Crippen LogP contribution >= 0.6 is 0 Å². The summed E-state index contributed by atoms with van der Waals surface area (Å²) in [6.07, 6.45) is -3.69. The summed E-state index contributed by atoms with van der Waals surface area (Å²) in [7, 11) is 0. The molecule has 1 nitrogen and oxygen atoms in total. The van der Waals surface area contributed by atoms with E-state index >= 15 is 0 Å². The number of fused-ring (bicyclic) bond motifs is 1. The van der Waals surface area contributed by atoms with E-state index in [1.807, 2.05) is 30.3 Å². The van der Waals surface area contributed by atoms with Gasteiger partial charge in [-0.1, -0.05) is 30.3 Å². The van der Waals surface area contributed by atoms with Gasteiger partial charge in [0.1, 0.15) is 0 Å². The first-order valence-electron chi connectivity index (χ1n) is 6.25. The third-order valence-electron chi connectivity index (χ3n) is 3.26. The molecule has 3 rings (SSSR count). The van der Waals surface area contributed by atoms with Crippen molar-refractivity contribution in [1.82, 2.24) is 4.98 Å². The molecule has 0 aliphatic rings. The molecule has 102 valence electrons. The number of rotatable bonds is 2. The van der Waals surface area contributed by atoms with Crippen LogP contribution in [0.2, 0.25) is 0 Å². The zero-order chi connectivity index (χ0) is 14.2. The van der Waals surface area contributed by atoms with Crippen LogP contribution in [-0.2, 0) is 12.6 Å². The van der Waals surface area contributed by atoms with Crippen LogP contribution in [-0.4, -0.2) is 4.98 Å². The van der Waals surface area contributed by atoms with Crippen molar-refractivity contribution in [2.75, 3.05) is 0 Å². The molecule has 4 heteroatoms. The number of nitrogens with one attached hydrogen (secondary N) is 1. The molecule has 3 aromatic rings. The maximum absolute atomic E-state index is 12.5. The fraction of sp³-hybridized carbons (Fsp3) is 0.125. The maximum Gasteiger partial charge on any atom is 0.416 e. The molecule has 1 aromatic heterocycles. The lowest BCUT2D eigenvalue weighted by atomic mass is 10.1. The van der Waals surface area contributed by atoms with Gasteiger partial charge < -0.3 is 4.98 Å². The number of H-pyrrole nitrogens is 1. The largest absolute Gasteiger partial charge is 0.416 e. The Morgan fingerprint density at radius 2 is 1.60 bits per heavy atom. The zero-order valence-electron chi connectivity index (χ0n) is 10.5. The number of alkyl halides is 3. The van der Waals surface area contributed by atoms with Gasteiger partial charge in [-0.25, -0.2) is 0 Å². The number of benzene rings is 2. The van der Waals surface area contributed by atoms with Crippen molar-refractivity contribution in [2.45, 2.75) is 12.6 Å². The molecular formula is C16H12F3N. The first-order valence-corrected chi connectivity index (χ1v) is 6.25. The summed E-state index contributed by atoms with van der Waals surface area (Å²) in [5.74, 6) is 0. The van der Waals surface area contributed by atoms with E-state index in [1.54, 1.807) is 0 Å². The van der Waals surface area contributed by atoms with Crippen LogP contribution < -0.4 is 0 Å². The molecule has 0 aliphatic carbocycles. The quantitative estimate of drug-likeness (QED) is 0.693. The van der Waals surface area contributed by atoms with Gasteiger partial charge in [0.25, 0.3) is 0 Å². The van der Waals surface area contributed by atoms with Crippen LogP contribution in [0.1, 0.15) is 16.8 Å². The van der Waals surface area contributed by atoms with Crippen LogP contribution in [0, 0.1) is 0 Å². The highest BCUT2D eigenvalue weighted by Crippen LogP contribution is 2.29. The zero-order valence-corrected chi connectivity index (χ0v) is 10.5. The van der Waals surface area contributed by atoms with Gasteiger partial charge in [-0.2, -0.15) is 13.2 Å². The second-order valence-electron chi connectivity index (χ2n) is 4.75. The molecule has 0 radical (unpaired) electrons. The lowest BCUT2D eigenvalue weighted by Gasteiger charge is -2.07. The van der Waals surface area contributed by atoms with Gasteiger partial charge >= 0.3 is 6.18 Å². The molecule has 2 aromatic carbocycles. The van der Waals surface area contributed by atoms with Crippen LogP contribution in [0.15, 0.2) is 54.6 Å². The molecule has 1 heterocycles. The van der Waals surface area contributed by atoms with E-state index in [4.69, 9.17) is 0 Å². The van der Waals surface area contributed by atoms with Gasteiger partial charge in [-0.3, -0.25) is 0 Å². The van der Waals surface area contributed by atoms with Crippen LogP contribution in [0.3, 0.4) is 0 Å². The fourth-order valence-electron chi connectivity index (χ4n) is 2.26. The Hall–Kier alpha value is -2.23. The number of para-hydroxylation sites is 1. The summed E-state index contributed by atoms with van der Waals surface area (Å²) >= 11 is 0. The summed E-state index contributed by atoms with van der Waals surface area (Å²) in [5, 5.41) is 1.11. The summed E-state index contributed by atoms with van der Waals surface area (Å²) in [5.41, 5.74) is 2.27. The van der Waals surface area contributed by atoms with Crippen molar-refractivity contribution in [3.8, 4) is 0 Å². The highest BCUT2D eigenvalue weighted by molar-refractivity contribution is 5.80. The van der Waals surface area contributed by atoms with E-state index in [-0.39, 0.29) is 0 Å². The Balaban J connectivity index is 1.84. The van der Waals surface area contributed by atoms with Crippen molar-refractivity contribution < 1.29 is 13.2 Å². The highest BCUT2D eigenvalue weighted by Gasteiger charge is 2.29. The Labute approximate surface area is 114 Å². The van der Waals surface area contributed by atoms with Crippen LogP contribution in [0.25, 0.3) is 10.9 Å². The topological polar surface area (TPSA) is 15.8 Å². The lowest BCUT2D eigenvalue weighted by molar-refractivity contribution is -0.137. The lowest BCUT2D eigenvalue weighted by Crippen LogP contribution is -2.04. The molecular weight excluding hydrogens is 263 g/mol. The molecule has 0 saturated carbocycles. The van der Waals surface area contributed by atoms with Crippen molar-refractivity contribution in [1.29, 1.82) is 0 Å². The third kappa shape index (κ3) is 2.54. The van der Waals surface area contributed by atoms with Gasteiger partial charge in [0.05, 0.1) is 5.56 Å². The molecule has 0 fully saturated rings. The molecule has 0 spiro atoms. The number of hydrogen-bond donors (Lipinski definition) is 1. The van der Waals surface area contributed by atoms with Gasteiger partial charge in [0, 0.05) is 17.6 Å². The van der Waals surface area contributed by atoms with Gasteiger partial charge in [0.15, 0.2) is 0 Å². The second-order valence-corrected chi connectivity index (χ2v) is 4.75. The molecule has 20 heavy (non-hydrogen) atoms. The molecule has 1 N–H and O–H groups in total. The van der Waals surface area contributed by atoms with Crippen molar-refractivity contribution >= 4 is 10.9 Å². The third-order valence-corrected chi connectivity index (χ3v) is 3.26. The van der Waals surface area contributed by atoms with E-state index in [0.29, 0.717) is 6.42 Å². The predicted octanol–water partition coefficient (Wildman–Crippen LogP) is 4.78. The van der Waals surface area contributed by atoms with Gasteiger partial charge in [-0.15, -0.1) is 0 Å². The minimum Gasteiger partial charge on any atom is -0.358 e. The summed E-state index contributed by atoms with van der Waals surface area (Å²) in [6, 6.07) is 15.2. The Kier molecular flexibility index (Phi) is 3.01. The van der Waals surface area contributed by atoms with E-state index < -0.39 is 11.7 Å². The average molecular weight is 275 g/mol. The van der Waals surface area contributed by atoms with E-state index in [9.17, 15) is 13.2 Å². The minimum absolute atomic E-state index is 0.590.